The molecule has 0 aliphatic rings. The predicted molar refractivity (Wildman–Crippen MR) is 104 cm³/mol. The van der Waals surface area contributed by atoms with Crippen molar-refractivity contribution in [3.63, 3.8) is 0 Å². The van der Waals surface area contributed by atoms with Crippen LogP contribution in [0.5, 0.6) is 0 Å². The molecule has 0 saturated heterocycles. The minimum atomic E-state index is -3.60. The van der Waals surface area contributed by atoms with Crippen LogP contribution in [0.4, 0.5) is 10.4 Å². The summed E-state index contributed by atoms with van der Waals surface area (Å²) >= 11 is 0. The average Bonchev–Trinajstić information content (AvgIpc) is 3.17. The number of hydrogen-bond donors (Lipinski definition) is 1. The van der Waals surface area contributed by atoms with Crippen LogP contribution in [-0.4, -0.2) is 41.9 Å². The van der Waals surface area contributed by atoms with Gasteiger partial charge in [-0.05, 0) is 48.5 Å². The number of hydrogen-bond acceptors (Lipinski definition) is 6. The van der Waals surface area contributed by atoms with Gasteiger partial charge in [-0.15, -0.1) is 5.10 Å². The van der Waals surface area contributed by atoms with Crippen LogP contribution in [0.2, 0.25) is 0 Å². The molecule has 0 fully saturated rings. The summed E-state index contributed by atoms with van der Waals surface area (Å²) in [5, 5.41) is 10.00. The number of benzene rings is 2. The Morgan fingerprint density at radius 2 is 1.66 bits per heavy atom. The van der Waals surface area contributed by atoms with E-state index >= 15 is 0 Å². The van der Waals surface area contributed by atoms with E-state index in [2.05, 4.69) is 15.5 Å². The number of anilines is 1. The van der Waals surface area contributed by atoms with Gasteiger partial charge in [0.1, 0.15) is 5.82 Å². The minimum Gasteiger partial charge on any atom is -0.403 e. The Morgan fingerprint density at radius 1 is 1.03 bits per heavy atom. The lowest BCUT2D eigenvalue weighted by Gasteiger charge is -2.18. The summed E-state index contributed by atoms with van der Waals surface area (Å²) in [4.78, 5) is 12.5. The van der Waals surface area contributed by atoms with Crippen molar-refractivity contribution in [3.05, 3.63) is 59.9 Å². The topological polar surface area (TPSA) is 105 Å². The van der Waals surface area contributed by atoms with Crippen molar-refractivity contribution in [2.24, 2.45) is 0 Å². The van der Waals surface area contributed by atoms with Gasteiger partial charge in [0.2, 0.25) is 15.9 Å². The first kappa shape index (κ1) is 20.6. The van der Waals surface area contributed by atoms with Gasteiger partial charge in [0, 0.05) is 24.2 Å². The molecule has 29 heavy (non-hydrogen) atoms. The molecule has 1 heterocycles. The highest BCUT2D eigenvalue weighted by Gasteiger charge is 2.22. The second kappa shape index (κ2) is 8.50. The van der Waals surface area contributed by atoms with Crippen molar-refractivity contribution in [1.82, 2.24) is 14.5 Å². The van der Waals surface area contributed by atoms with E-state index < -0.39 is 21.7 Å². The van der Waals surface area contributed by atoms with Gasteiger partial charge in [-0.2, -0.15) is 4.31 Å². The van der Waals surface area contributed by atoms with Crippen LogP contribution in [0, 0.1) is 5.82 Å². The number of carbonyl (C=O) groups is 1. The summed E-state index contributed by atoms with van der Waals surface area (Å²) in [5.41, 5.74) is 0.732. The fourth-order valence-electron chi connectivity index (χ4n) is 2.64. The standard InChI is InChI=1S/C19H19FN4O4S/c1-3-24(4-2)29(26,27)16-11-7-13(8-12-16)17(25)21-19-23-22-18(28-19)14-5-9-15(20)10-6-14/h5-12H,3-4H2,1-2H3,(H,21,23,25). The van der Waals surface area contributed by atoms with Crippen LogP contribution in [0.15, 0.2) is 57.8 Å². The number of nitrogens with one attached hydrogen (secondary N) is 1. The Balaban J connectivity index is 1.72. The summed E-state index contributed by atoms with van der Waals surface area (Å²) in [6.45, 7) is 4.23. The van der Waals surface area contributed by atoms with Gasteiger partial charge in [0.25, 0.3) is 5.91 Å². The highest BCUT2D eigenvalue weighted by Crippen LogP contribution is 2.21. The van der Waals surface area contributed by atoms with E-state index in [-0.39, 0.29) is 22.4 Å². The van der Waals surface area contributed by atoms with E-state index in [4.69, 9.17) is 4.42 Å². The molecule has 8 nitrogen and oxygen atoms in total. The van der Waals surface area contributed by atoms with Crippen molar-refractivity contribution in [2.45, 2.75) is 18.7 Å². The SMILES string of the molecule is CCN(CC)S(=O)(=O)c1ccc(C(=O)Nc2nnc(-c3ccc(F)cc3)o2)cc1. The van der Waals surface area contributed by atoms with Gasteiger partial charge in [-0.1, -0.05) is 18.9 Å². The Kier molecular flexibility index (Phi) is 6.04. The molecule has 0 radical (unpaired) electrons. The minimum absolute atomic E-state index is 0.106. The van der Waals surface area contributed by atoms with Crippen molar-refractivity contribution < 1.29 is 22.0 Å². The molecule has 3 rings (SSSR count). The van der Waals surface area contributed by atoms with Gasteiger partial charge in [0.15, 0.2) is 0 Å². The predicted octanol–water partition coefficient (Wildman–Crippen LogP) is 3.16. The molecule has 152 valence electrons. The fourth-order valence-corrected chi connectivity index (χ4v) is 4.10. The van der Waals surface area contributed by atoms with Crippen LogP contribution in [-0.2, 0) is 10.0 Å². The number of amides is 1. The third-order valence-corrected chi connectivity index (χ3v) is 6.26. The summed E-state index contributed by atoms with van der Waals surface area (Å²) in [7, 11) is -3.60. The van der Waals surface area contributed by atoms with Crippen LogP contribution in [0.1, 0.15) is 24.2 Å². The molecule has 0 bridgehead atoms. The maximum Gasteiger partial charge on any atom is 0.322 e. The summed E-state index contributed by atoms with van der Waals surface area (Å²) in [5.74, 6) is -0.805. The van der Waals surface area contributed by atoms with Crippen molar-refractivity contribution in [1.29, 1.82) is 0 Å². The molecule has 0 saturated carbocycles. The largest absolute Gasteiger partial charge is 0.403 e. The maximum absolute atomic E-state index is 13.0. The first-order chi connectivity index (χ1) is 13.8. The Labute approximate surface area is 167 Å². The third kappa shape index (κ3) is 4.49. The Morgan fingerprint density at radius 3 is 2.24 bits per heavy atom. The number of rotatable bonds is 7. The van der Waals surface area contributed by atoms with Crippen molar-refractivity contribution in [3.8, 4) is 11.5 Å². The molecule has 0 spiro atoms. The zero-order valence-corrected chi connectivity index (χ0v) is 16.6. The average molecular weight is 418 g/mol. The molecular weight excluding hydrogens is 399 g/mol. The number of nitrogens with zero attached hydrogens (tertiary/aromatic N) is 3. The highest BCUT2D eigenvalue weighted by molar-refractivity contribution is 7.89. The Hall–Kier alpha value is -3.11. The zero-order valence-electron chi connectivity index (χ0n) is 15.8. The van der Waals surface area contributed by atoms with Crippen LogP contribution < -0.4 is 5.32 Å². The molecule has 0 atom stereocenters. The van der Waals surface area contributed by atoms with Crippen LogP contribution >= 0.6 is 0 Å². The lowest BCUT2D eigenvalue weighted by atomic mass is 10.2. The van der Waals surface area contributed by atoms with Crippen LogP contribution in [0.25, 0.3) is 11.5 Å². The monoisotopic (exact) mass is 418 g/mol. The van der Waals surface area contributed by atoms with E-state index in [0.29, 0.717) is 18.7 Å². The van der Waals surface area contributed by atoms with Gasteiger partial charge in [-0.3, -0.25) is 10.1 Å². The molecule has 0 aliphatic carbocycles. The van der Waals surface area contributed by atoms with Gasteiger partial charge in [0.05, 0.1) is 4.90 Å². The summed E-state index contributed by atoms with van der Waals surface area (Å²) < 4.78 is 44.7. The number of halogens is 1. The second-order valence-corrected chi connectivity index (χ2v) is 7.93. The molecule has 0 unspecified atom stereocenters. The molecule has 1 aromatic heterocycles. The summed E-state index contributed by atoms with van der Waals surface area (Å²) in [6.07, 6.45) is 0. The molecule has 10 heteroatoms. The molecule has 1 N–H and O–H groups in total. The van der Waals surface area contributed by atoms with Crippen LogP contribution in [0.3, 0.4) is 0 Å². The van der Waals surface area contributed by atoms with Gasteiger partial charge in [-0.25, -0.2) is 12.8 Å². The second-order valence-electron chi connectivity index (χ2n) is 5.99. The zero-order chi connectivity index (χ0) is 21.0. The number of carbonyl (C=O) groups excluding carboxylic acids is 1. The molecule has 1 amide bonds. The fraction of sp³-hybridized carbons (Fsp3) is 0.211. The van der Waals surface area contributed by atoms with Gasteiger partial charge < -0.3 is 4.42 Å². The normalized spacial score (nSPS) is 11.6. The summed E-state index contributed by atoms with van der Waals surface area (Å²) in [6, 6.07) is 10.9. The molecule has 0 aliphatic heterocycles. The van der Waals surface area contributed by atoms with Crippen molar-refractivity contribution >= 4 is 21.9 Å². The lowest BCUT2D eigenvalue weighted by Crippen LogP contribution is -2.30. The van der Waals surface area contributed by atoms with Crippen molar-refractivity contribution in [2.75, 3.05) is 18.4 Å². The first-order valence-electron chi connectivity index (χ1n) is 8.86. The van der Waals surface area contributed by atoms with E-state index in [1.165, 1.54) is 52.8 Å². The highest BCUT2D eigenvalue weighted by atomic mass is 32.2. The quantitative estimate of drug-likeness (QED) is 0.632. The van der Waals surface area contributed by atoms with E-state index in [1.807, 2.05) is 0 Å². The molecule has 3 aromatic rings. The third-order valence-electron chi connectivity index (χ3n) is 4.20. The first-order valence-corrected chi connectivity index (χ1v) is 10.3. The van der Waals surface area contributed by atoms with Gasteiger partial charge >= 0.3 is 6.01 Å². The maximum atomic E-state index is 13.0. The Bertz CT molecular complexity index is 1090. The van der Waals surface area contributed by atoms with E-state index in [0.717, 1.165) is 0 Å². The smallest absolute Gasteiger partial charge is 0.322 e. The van der Waals surface area contributed by atoms with E-state index in [9.17, 15) is 17.6 Å². The van der Waals surface area contributed by atoms with E-state index in [1.54, 1.807) is 13.8 Å². The molecular formula is C19H19FN4O4S. The lowest BCUT2D eigenvalue weighted by molar-refractivity contribution is 0.102. The number of aromatic nitrogens is 2. The molecule has 2 aromatic carbocycles. The number of sulfonamides is 1.